The van der Waals surface area contributed by atoms with E-state index >= 15 is 0 Å². The first-order chi connectivity index (χ1) is 7.72. The SMILES string of the molecule is CCN(CC)CCNC(CC)(CN)C1CC1. The lowest BCUT2D eigenvalue weighted by molar-refractivity contribution is 0.243. The Balaban J connectivity index is 2.32. The minimum absolute atomic E-state index is 0.229. The Bertz CT molecular complexity index is 182. The van der Waals surface area contributed by atoms with Crippen LogP contribution in [0.4, 0.5) is 0 Å². The van der Waals surface area contributed by atoms with E-state index in [0.29, 0.717) is 0 Å². The van der Waals surface area contributed by atoms with Crippen LogP contribution in [0.5, 0.6) is 0 Å². The molecule has 0 heterocycles. The summed E-state index contributed by atoms with van der Waals surface area (Å²) in [7, 11) is 0. The van der Waals surface area contributed by atoms with Crippen LogP contribution in [0.2, 0.25) is 0 Å². The van der Waals surface area contributed by atoms with Crippen LogP contribution in [-0.4, -0.2) is 43.2 Å². The molecule has 0 saturated heterocycles. The van der Waals surface area contributed by atoms with Crippen molar-refractivity contribution in [1.82, 2.24) is 10.2 Å². The fourth-order valence-electron chi connectivity index (χ4n) is 2.58. The second-order valence-corrected chi connectivity index (χ2v) is 4.94. The molecule has 1 rings (SSSR count). The van der Waals surface area contributed by atoms with Gasteiger partial charge in [-0.2, -0.15) is 0 Å². The summed E-state index contributed by atoms with van der Waals surface area (Å²) in [4.78, 5) is 2.46. The lowest BCUT2D eigenvalue weighted by Gasteiger charge is -2.34. The van der Waals surface area contributed by atoms with E-state index in [-0.39, 0.29) is 5.54 Å². The third kappa shape index (κ3) is 3.44. The van der Waals surface area contributed by atoms with E-state index in [1.165, 1.54) is 12.8 Å². The number of hydrogen-bond acceptors (Lipinski definition) is 3. The molecule has 0 aromatic heterocycles. The van der Waals surface area contributed by atoms with E-state index < -0.39 is 0 Å². The molecule has 0 aromatic rings. The van der Waals surface area contributed by atoms with Gasteiger partial charge in [-0.05, 0) is 38.3 Å². The van der Waals surface area contributed by atoms with Gasteiger partial charge in [0.25, 0.3) is 0 Å². The summed E-state index contributed by atoms with van der Waals surface area (Å²) >= 11 is 0. The zero-order chi connectivity index (χ0) is 12.0. The molecule has 16 heavy (non-hydrogen) atoms. The highest BCUT2D eigenvalue weighted by atomic mass is 15.1. The van der Waals surface area contributed by atoms with Gasteiger partial charge >= 0.3 is 0 Å². The highest BCUT2D eigenvalue weighted by molar-refractivity contribution is 5.01. The molecule has 3 heteroatoms. The molecule has 1 saturated carbocycles. The number of nitrogens with one attached hydrogen (secondary N) is 1. The molecule has 3 nitrogen and oxygen atoms in total. The lowest BCUT2D eigenvalue weighted by Crippen LogP contribution is -2.54. The maximum absolute atomic E-state index is 5.96. The Morgan fingerprint density at radius 2 is 1.88 bits per heavy atom. The van der Waals surface area contributed by atoms with Gasteiger partial charge in [-0.1, -0.05) is 20.8 Å². The zero-order valence-electron chi connectivity index (χ0n) is 11.3. The average Bonchev–Trinajstić information content (AvgIpc) is 3.15. The largest absolute Gasteiger partial charge is 0.329 e. The topological polar surface area (TPSA) is 41.3 Å². The lowest BCUT2D eigenvalue weighted by atomic mass is 9.90. The first-order valence-corrected chi connectivity index (χ1v) is 6.89. The van der Waals surface area contributed by atoms with Crippen molar-refractivity contribution in [3.8, 4) is 0 Å². The van der Waals surface area contributed by atoms with E-state index in [0.717, 1.165) is 45.1 Å². The van der Waals surface area contributed by atoms with Crippen LogP contribution < -0.4 is 11.1 Å². The molecule has 0 aliphatic heterocycles. The van der Waals surface area contributed by atoms with Crippen molar-refractivity contribution >= 4 is 0 Å². The summed E-state index contributed by atoms with van der Waals surface area (Å²) in [6, 6.07) is 0. The summed E-state index contributed by atoms with van der Waals surface area (Å²) in [5, 5.41) is 3.73. The van der Waals surface area contributed by atoms with Crippen LogP contribution in [0.3, 0.4) is 0 Å². The first-order valence-electron chi connectivity index (χ1n) is 6.89. The van der Waals surface area contributed by atoms with Crippen molar-refractivity contribution in [1.29, 1.82) is 0 Å². The van der Waals surface area contributed by atoms with Crippen LogP contribution in [0.25, 0.3) is 0 Å². The molecule has 0 radical (unpaired) electrons. The normalized spacial score (nSPS) is 20.1. The van der Waals surface area contributed by atoms with Gasteiger partial charge in [0.05, 0.1) is 0 Å². The van der Waals surface area contributed by atoms with Crippen molar-refractivity contribution in [3.63, 3.8) is 0 Å². The maximum Gasteiger partial charge on any atom is 0.0330 e. The van der Waals surface area contributed by atoms with Crippen LogP contribution in [0.15, 0.2) is 0 Å². The van der Waals surface area contributed by atoms with Crippen molar-refractivity contribution in [2.45, 2.75) is 45.6 Å². The van der Waals surface area contributed by atoms with Crippen LogP contribution in [0.1, 0.15) is 40.0 Å². The predicted molar refractivity (Wildman–Crippen MR) is 70.6 cm³/mol. The molecule has 0 spiro atoms. The van der Waals surface area contributed by atoms with Crippen molar-refractivity contribution < 1.29 is 0 Å². The minimum atomic E-state index is 0.229. The van der Waals surface area contributed by atoms with E-state index in [4.69, 9.17) is 5.73 Å². The number of hydrogen-bond donors (Lipinski definition) is 2. The number of nitrogens with two attached hydrogens (primary N) is 1. The molecule has 0 aromatic carbocycles. The van der Waals surface area contributed by atoms with Gasteiger partial charge in [-0.25, -0.2) is 0 Å². The highest BCUT2D eigenvalue weighted by Gasteiger charge is 2.42. The fraction of sp³-hybridized carbons (Fsp3) is 1.00. The van der Waals surface area contributed by atoms with Crippen molar-refractivity contribution in [2.75, 3.05) is 32.7 Å². The Kier molecular flexibility index (Phi) is 5.73. The first kappa shape index (κ1) is 13.9. The average molecular weight is 227 g/mol. The number of likely N-dealkylation sites (N-methyl/N-ethyl adjacent to an activating group) is 1. The Morgan fingerprint density at radius 3 is 2.25 bits per heavy atom. The second-order valence-electron chi connectivity index (χ2n) is 4.94. The highest BCUT2D eigenvalue weighted by Crippen LogP contribution is 2.40. The molecular weight excluding hydrogens is 198 g/mol. The summed E-state index contributed by atoms with van der Waals surface area (Å²) < 4.78 is 0. The summed E-state index contributed by atoms with van der Waals surface area (Å²) in [5.74, 6) is 0.833. The number of nitrogens with zero attached hydrogens (tertiary/aromatic N) is 1. The molecule has 0 amide bonds. The van der Waals surface area contributed by atoms with Gasteiger partial charge < -0.3 is 16.0 Å². The third-order valence-electron chi connectivity index (χ3n) is 4.15. The summed E-state index contributed by atoms with van der Waals surface area (Å²) in [6.45, 7) is 12.0. The van der Waals surface area contributed by atoms with E-state index in [1.807, 2.05) is 0 Å². The molecule has 0 bridgehead atoms. The Morgan fingerprint density at radius 1 is 1.25 bits per heavy atom. The van der Waals surface area contributed by atoms with Gasteiger partial charge in [0, 0.05) is 25.2 Å². The monoisotopic (exact) mass is 227 g/mol. The standard InChI is InChI=1S/C13H29N3/c1-4-13(11-14,12-7-8-12)15-9-10-16(5-2)6-3/h12,15H,4-11,14H2,1-3H3. The van der Waals surface area contributed by atoms with E-state index in [9.17, 15) is 0 Å². The van der Waals surface area contributed by atoms with E-state index in [2.05, 4.69) is 31.0 Å². The molecule has 1 atom stereocenters. The van der Waals surface area contributed by atoms with E-state index in [1.54, 1.807) is 0 Å². The van der Waals surface area contributed by atoms with Gasteiger partial charge in [0.1, 0.15) is 0 Å². The summed E-state index contributed by atoms with van der Waals surface area (Å²) in [6.07, 6.45) is 3.89. The molecule has 1 aliphatic rings. The van der Waals surface area contributed by atoms with Gasteiger partial charge in [0.15, 0.2) is 0 Å². The molecule has 96 valence electrons. The van der Waals surface area contributed by atoms with Crippen molar-refractivity contribution in [2.24, 2.45) is 11.7 Å². The van der Waals surface area contributed by atoms with Gasteiger partial charge in [0.2, 0.25) is 0 Å². The Hall–Kier alpha value is -0.120. The molecule has 1 aliphatic carbocycles. The predicted octanol–water partition coefficient (Wildman–Crippen LogP) is 1.44. The van der Waals surface area contributed by atoms with Crippen LogP contribution in [0, 0.1) is 5.92 Å². The smallest absolute Gasteiger partial charge is 0.0330 e. The molecule has 1 fully saturated rings. The van der Waals surface area contributed by atoms with Crippen LogP contribution >= 0.6 is 0 Å². The van der Waals surface area contributed by atoms with Crippen molar-refractivity contribution in [3.05, 3.63) is 0 Å². The molecule has 1 unspecified atom stereocenters. The zero-order valence-corrected chi connectivity index (χ0v) is 11.3. The van der Waals surface area contributed by atoms with Gasteiger partial charge in [-0.15, -0.1) is 0 Å². The third-order valence-corrected chi connectivity index (χ3v) is 4.15. The van der Waals surface area contributed by atoms with Crippen LogP contribution in [-0.2, 0) is 0 Å². The Labute approximate surface area is 101 Å². The summed E-state index contributed by atoms with van der Waals surface area (Å²) in [5.41, 5.74) is 6.19. The fourth-order valence-corrected chi connectivity index (χ4v) is 2.58. The minimum Gasteiger partial charge on any atom is -0.329 e. The quantitative estimate of drug-likeness (QED) is 0.626. The second kappa shape index (κ2) is 6.58. The molecule has 3 N–H and O–H groups in total. The number of rotatable bonds is 9. The van der Waals surface area contributed by atoms with Gasteiger partial charge in [-0.3, -0.25) is 0 Å². The maximum atomic E-state index is 5.96. The molecular formula is C13H29N3.